The number of hydrogen-bond donors (Lipinski definition) is 2. The first-order chi connectivity index (χ1) is 12.1. The van der Waals surface area contributed by atoms with Gasteiger partial charge >= 0.3 is 5.97 Å². The maximum absolute atomic E-state index is 11.9. The number of aryl methyl sites for hydroxylation is 1. The quantitative estimate of drug-likeness (QED) is 0.572. The summed E-state index contributed by atoms with van der Waals surface area (Å²) in [5.41, 5.74) is 3.56. The van der Waals surface area contributed by atoms with E-state index < -0.39 is 0 Å². The van der Waals surface area contributed by atoms with Gasteiger partial charge in [-0.2, -0.15) is 0 Å². The smallest absolute Gasteiger partial charge is 0.338 e. The van der Waals surface area contributed by atoms with Gasteiger partial charge in [0.05, 0.1) is 12.2 Å². The molecule has 0 aliphatic heterocycles. The largest absolute Gasteiger partial charge is 0.462 e. The zero-order chi connectivity index (χ0) is 18.1. The Balaban J connectivity index is 1.71. The minimum atomic E-state index is -0.360. The molecule has 0 saturated carbocycles. The van der Waals surface area contributed by atoms with Crippen LogP contribution in [0.15, 0.2) is 48.5 Å². The van der Waals surface area contributed by atoms with Gasteiger partial charge in [0.15, 0.2) is 0 Å². The third-order valence-electron chi connectivity index (χ3n) is 3.66. The van der Waals surface area contributed by atoms with Crippen molar-refractivity contribution in [3.63, 3.8) is 0 Å². The summed E-state index contributed by atoms with van der Waals surface area (Å²) in [4.78, 5) is 23.5. The fourth-order valence-electron chi connectivity index (χ4n) is 2.27. The Hall–Kier alpha value is -2.66. The van der Waals surface area contributed by atoms with E-state index in [9.17, 15) is 9.59 Å². The summed E-state index contributed by atoms with van der Waals surface area (Å²) in [6.07, 6.45) is 0.380. The number of carbonyl (C=O) groups excluding carboxylic acids is 2. The number of ether oxygens (including phenoxy) is 1. The zero-order valence-corrected chi connectivity index (χ0v) is 14.7. The van der Waals surface area contributed by atoms with Gasteiger partial charge < -0.3 is 15.4 Å². The summed E-state index contributed by atoms with van der Waals surface area (Å²) in [6.45, 7) is 5.50. The lowest BCUT2D eigenvalue weighted by molar-refractivity contribution is -0.116. The molecule has 0 aliphatic carbocycles. The van der Waals surface area contributed by atoms with Gasteiger partial charge in [-0.3, -0.25) is 4.79 Å². The van der Waals surface area contributed by atoms with Gasteiger partial charge in [0.2, 0.25) is 5.91 Å². The van der Waals surface area contributed by atoms with E-state index in [0.717, 1.165) is 6.54 Å². The number of nitrogens with one attached hydrogen (secondary N) is 2. The minimum Gasteiger partial charge on any atom is -0.462 e. The summed E-state index contributed by atoms with van der Waals surface area (Å²) in [7, 11) is 0. The van der Waals surface area contributed by atoms with Crippen molar-refractivity contribution in [2.24, 2.45) is 0 Å². The standard InChI is InChI=1S/C20H24N2O3/c1-3-25-20(24)17-8-10-18(11-9-17)22-19(23)12-13-21-14-16-6-4-15(2)5-7-16/h4-11,21H,3,12-14H2,1-2H3,(H,22,23). The summed E-state index contributed by atoms with van der Waals surface area (Å²) < 4.78 is 4.92. The highest BCUT2D eigenvalue weighted by Gasteiger charge is 2.07. The monoisotopic (exact) mass is 340 g/mol. The van der Waals surface area contributed by atoms with Gasteiger partial charge in [-0.1, -0.05) is 29.8 Å². The lowest BCUT2D eigenvalue weighted by Gasteiger charge is -2.08. The van der Waals surface area contributed by atoms with Crippen LogP contribution in [-0.4, -0.2) is 25.0 Å². The van der Waals surface area contributed by atoms with Gasteiger partial charge in [0.1, 0.15) is 0 Å². The molecule has 5 nitrogen and oxygen atoms in total. The molecule has 2 aromatic carbocycles. The van der Waals surface area contributed by atoms with Crippen molar-refractivity contribution in [1.82, 2.24) is 5.32 Å². The second-order valence-electron chi connectivity index (χ2n) is 5.76. The number of benzene rings is 2. The first kappa shape index (κ1) is 18.7. The first-order valence-corrected chi connectivity index (χ1v) is 8.42. The predicted octanol–water partition coefficient (Wildman–Crippen LogP) is 3.29. The molecule has 0 aliphatic rings. The lowest BCUT2D eigenvalue weighted by Crippen LogP contribution is -2.21. The topological polar surface area (TPSA) is 67.4 Å². The second kappa shape index (κ2) is 9.59. The number of anilines is 1. The molecule has 1 amide bonds. The molecule has 2 rings (SSSR count). The SMILES string of the molecule is CCOC(=O)c1ccc(NC(=O)CCNCc2ccc(C)cc2)cc1. The van der Waals surface area contributed by atoms with Crippen LogP contribution in [0, 0.1) is 6.92 Å². The molecular formula is C20H24N2O3. The Morgan fingerprint density at radius 2 is 1.68 bits per heavy atom. The van der Waals surface area contributed by atoms with Crippen LogP contribution in [0.2, 0.25) is 0 Å². The molecule has 0 aromatic heterocycles. The van der Waals surface area contributed by atoms with Gasteiger partial charge in [0.25, 0.3) is 0 Å². The van der Waals surface area contributed by atoms with Crippen LogP contribution in [0.5, 0.6) is 0 Å². The molecular weight excluding hydrogens is 316 g/mol. The van der Waals surface area contributed by atoms with E-state index in [-0.39, 0.29) is 11.9 Å². The van der Waals surface area contributed by atoms with Gasteiger partial charge in [-0.25, -0.2) is 4.79 Å². The van der Waals surface area contributed by atoms with Crippen molar-refractivity contribution in [1.29, 1.82) is 0 Å². The molecule has 0 atom stereocenters. The average Bonchev–Trinajstić information content (AvgIpc) is 2.61. The lowest BCUT2D eigenvalue weighted by atomic mass is 10.1. The third kappa shape index (κ3) is 6.39. The van der Waals surface area contributed by atoms with Gasteiger partial charge in [-0.15, -0.1) is 0 Å². The number of esters is 1. The van der Waals surface area contributed by atoms with E-state index >= 15 is 0 Å². The number of hydrogen-bond acceptors (Lipinski definition) is 4. The summed E-state index contributed by atoms with van der Waals surface area (Å²) in [6, 6.07) is 15.0. The Morgan fingerprint density at radius 1 is 1.00 bits per heavy atom. The van der Waals surface area contributed by atoms with Crippen LogP contribution in [0.4, 0.5) is 5.69 Å². The Morgan fingerprint density at radius 3 is 2.32 bits per heavy atom. The van der Waals surface area contributed by atoms with E-state index in [1.807, 2.05) is 0 Å². The molecule has 0 spiro atoms. The van der Waals surface area contributed by atoms with Gasteiger partial charge in [0, 0.05) is 25.2 Å². The fraction of sp³-hybridized carbons (Fsp3) is 0.300. The molecule has 0 radical (unpaired) electrons. The normalized spacial score (nSPS) is 10.3. The molecule has 0 heterocycles. The summed E-state index contributed by atoms with van der Waals surface area (Å²) in [5, 5.41) is 6.07. The Kier molecular flexibility index (Phi) is 7.16. The number of rotatable bonds is 8. The van der Waals surface area contributed by atoms with Crippen molar-refractivity contribution < 1.29 is 14.3 Å². The number of carbonyl (C=O) groups is 2. The minimum absolute atomic E-state index is 0.0692. The van der Waals surface area contributed by atoms with E-state index in [1.54, 1.807) is 31.2 Å². The zero-order valence-electron chi connectivity index (χ0n) is 14.7. The molecule has 2 N–H and O–H groups in total. The van der Waals surface area contributed by atoms with Crippen LogP contribution in [-0.2, 0) is 16.1 Å². The molecule has 0 saturated heterocycles. The van der Waals surface area contributed by atoms with Crippen LogP contribution < -0.4 is 10.6 Å². The molecule has 2 aromatic rings. The highest BCUT2D eigenvalue weighted by Crippen LogP contribution is 2.11. The van der Waals surface area contributed by atoms with E-state index in [1.165, 1.54) is 11.1 Å². The van der Waals surface area contributed by atoms with Crippen LogP contribution in [0.25, 0.3) is 0 Å². The summed E-state index contributed by atoms with van der Waals surface area (Å²) >= 11 is 0. The van der Waals surface area contributed by atoms with Crippen molar-refractivity contribution >= 4 is 17.6 Å². The highest BCUT2D eigenvalue weighted by atomic mass is 16.5. The molecule has 25 heavy (non-hydrogen) atoms. The van der Waals surface area contributed by atoms with Crippen LogP contribution >= 0.6 is 0 Å². The molecule has 0 fully saturated rings. The van der Waals surface area contributed by atoms with E-state index in [0.29, 0.717) is 30.8 Å². The van der Waals surface area contributed by atoms with E-state index in [4.69, 9.17) is 4.74 Å². The third-order valence-corrected chi connectivity index (χ3v) is 3.66. The Bertz CT molecular complexity index is 694. The predicted molar refractivity (Wildman–Crippen MR) is 98.5 cm³/mol. The summed E-state index contributed by atoms with van der Waals surface area (Å²) in [5.74, 6) is -0.430. The fourth-order valence-corrected chi connectivity index (χ4v) is 2.27. The maximum Gasteiger partial charge on any atom is 0.338 e. The molecule has 132 valence electrons. The number of amides is 1. The van der Waals surface area contributed by atoms with E-state index in [2.05, 4.69) is 41.8 Å². The molecule has 0 unspecified atom stereocenters. The van der Waals surface area contributed by atoms with Crippen molar-refractivity contribution in [3.8, 4) is 0 Å². The first-order valence-electron chi connectivity index (χ1n) is 8.42. The van der Waals surface area contributed by atoms with Crippen LogP contribution in [0.1, 0.15) is 34.8 Å². The van der Waals surface area contributed by atoms with Crippen molar-refractivity contribution in [2.75, 3.05) is 18.5 Å². The second-order valence-corrected chi connectivity index (χ2v) is 5.76. The highest BCUT2D eigenvalue weighted by molar-refractivity contribution is 5.93. The van der Waals surface area contributed by atoms with Gasteiger partial charge in [-0.05, 0) is 43.7 Å². The molecule has 5 heteroatoms. The maximum atomic E-state index is 11.9. The van der Waals surface area contributed by atoms with Crippen molar-refractivity contribution in [3.05, 3.63) is 65.2 Å². The Labute approximate surface area is 148 Å². The average molecular weight is 340 g/mol. The molecule has 0 bridgehead atoms. The van der Waals surface area contributed by atoms with Crippen LogP contribution in [0.3, 0.4) is 0 Å². The van der Waals surface area contributed by atoms with Crippen molar-refractivity contribution in [2.45, 2.75) is 26.8 Å².